The Hall–Kier alpha value is -2.95. The van der Waals surface area contributed by atoms with E-state index in [0.717, 1.165) is 18.3 Å². The summed E-state index contributed by atoms with van der Waals surface area (Å²) in [5, 5.41) is 3.68. The van der Waals surface area contributed by atoms with Gasteiger partial charge < -0.3 is 9.47 Å². The zero-order chi connectivity index (χ0) is 20.7. The average molecular weight is 460 g/mol. The highest BCUT2D eigenvalue weighted by Crippen LogP contribution is 2.21. The average Bonchev–Trinajstić information content (AvgIpc) is 2.61. The number of hydrogen-bond donors (Lipinski definition) is 1. The van der Waals surface area contributed by atoms with Crippen molar-refractivity contribution in [1.82, 2.24) is 4.98 Å². The molecule has 0 bridgehead atoms. The number of hydrogen-bond acceptors (Lipinski definition) is 7. The van der Waals surface area contributed by atoms with Crippen molar-refractivity contribution in [2.24, 2.45) is 5.10 Å². The minimum absolute atomic E-state index is 0.0504. The summed E-state index contributed by atoms with van der Waals surface area (Å²) < 4.78 is 47.7. The van der Waals surface area contributed by atoms with Crippen molar-refractivity contribution in [1.29, 1.82) is 0 Å². The molecular formula is C17H13BrF3N3O4. The quantitative estimate of drug-likeness (QED) is 0.212. The van der Waals surface area contributed by atoms with E-state index in [2.05, 4.69) is 36.2 Å². The lowest BCUT2D eigenvalue weighted by Crippen LogP contribution is -2.28. The van der Waals surface area contributed by atoms with Gasteiger partial charge in [0.15, 0.2) is 0 Å². The Morgan fingerprint density at radius 2 is 2.07 bits per heavy atom. The summed E-state index contributed by atoms with van der Waals surface area (Å²) in [5.41, 5.74) is 1.30. The van der Waals surface area contributed by atoms with Gasteiger partial charge >= 0.3 is 12.6 Å². The molecule has 1 aromatic carbocycles. The number of halogens is 4. The number of Topliss-reactive ketones (excluding diaryl/α,β-unsaturated/α-hetero) is 1. The minimum Gasteiger partial charge on any atom is -0.461 e. The highest BCUT2D eigenvalue weighted by atomic mass is 79.9. The van der Waals surface area contributed by atoms with Gasteiger partial charge in [-0.2, -0.15) is 13.9 Å². The number of ether oxygens (including phenoxy) is 2. The largest absolute Gasteiger partial charge is 0.461 e. The molecule has 1 N–H and O–H groups in total. The number of hydrazone groups is 1. The normalized spacial score (nSPS) is 11.3. The van der Waals surface area contributed by atoms with Crippen LogP contribution in [-0.4, -0.2) is 35.7 Å². The Kier molecular flexibility index (Phi) is 7.50. The predicted molar refractivity (Wildman–Crippen MR) is 97.0 cm³/mol. The van der Waals surface area contributed by atoms with E-state index in [1.807, 2.05) is 0 Å². The summed E-state index contributed by atoms with van der Waals surface area (Å²) in [4.78, 5) is 28.4. The second-order valence-electron chi connectivity index (χ2n) is 4.98. The summed E-state index contributed by atoms with van der Waals surface area (Å²) in [5.74, 6) is -3.40. The summed E-state index contributed by atoms with van der Waals surface area (Å²) in [7, 11) is 0. The van der Waals surface area contributed by atoms with Crippen molar-refractivity contribution in [3.05, 3.63) is 52.4 Å². The first-order valence-electron chi connectivity index (χ1n) is 7.73. The maximum absolute atomic E-state index is 14.1. The Morgan fingerprint density at radius 3 is 2.71 bits per heavy atom. The molecule has 28 heavy (non-hydrogen) atoms. The van der Waals surface area contributed by atoms with Crippen molar-refractivity contribution in [2.45, 2.75) is 13.5 Å². The lowest BCUT2D eigenvalue weighted by Gasteiger charge is -2.09. The van der Waals surface area contributed by atoms with Gasteiger partial charge in [-0.05, 0) is 41.1 Å². The third-order valence-corrected chi connectivity index (χ3v) is 3.78. The number of anilines is 1. The van der Waals surface area contributed by atoms with E-state index in [9.17, 15) is 22.8 Å². The molecule has 1 heterocycles. The van der Waals surface area contributed by atoms with Crippen LogP contribution in [0.5, 0.6) is 5.88 Å². The first-order valence-corrected chi connectivity index (χ1v) is 8.53. The molecule has 0 saturated carbocycles. The van der Waals surface area contributed by atoms with E-state index in [1.165, 1.54) is 25.1 Å². The topological polar surface area (TPSA) is 89.9 Å². The van der Waals surface area contributed by atoms with E-state index >= 15 is 0 Å². The number of ketones is 1. The molecule has 2 aromatic rings. The van der Waals surface area contributed by atoms with Crippen LogP contribution in [0.25, 0.3) is 0 Å². The van der Waals surface area contributed by atoms with Gasteiger partial charge in [0.25, 0.3) is 0 Å². The number of pyridine rings is 1. The van der Waals surface area contributed by atoms with Gasteiger partial charge in [-0.1, -0.05) is 6.07 Å². The SMILES string of the molecule is CCOC(=O)/C(=N\Nc1ccnc(OC(F)F)c1)C(=O)c1c(F)cccc1Br. The zero-order valence-corrected chi connectivity index (χ0v) is 15.9. The van der Waals surface area contributed by atoms with Crippen molar-refractivity contribution < 1.29 is 32.2 Å². The number of nitrogens with zero attached hydrogens (tertiary/aromatic N) is 2. The third-order valence-electron chi connectivity index (χ3n) is 3.12. The molecule has 0 radical (unpaired) electrons. The van der Waals surface area contributed by atoms with E-state index < -0.39 is 41.3 Å². The molecule has 0 spiro atoms. The molecule has 0 aliphatic rings. The molecule has 11 heteroatoms. The molecule has 0 unspecified atom stereocenters. The van der Waals surface area contributed by atoms with E-state index in [4.69, 9.17) is 4.74 Å². The number of aromatic nitrogens is 1. The van der Waals surface area contributed by atoms with E-state index in [-0.39, 0.29) is 16.8 Å². The van der Waals surface area contributed by atoms with Crippen LogP contribution in [0.4, 0.5) is 18.9 Å². The number of rotatable bonds is 8. The van der Waals surface area contributed by atoms with Gasteiger partial charge in [0.1, 0.15) is 5.82 Å². The fourth-order valence-corrected chi connectivity index (χ4v) is 2.50. The second kappa shape index (κ2) is 9.83. The fraction of sp³-hybridized carbons (Fsp3) is 0.176. The number of carbonyl (C=O) groups excluding carboxylic acids is 2. The van der Waals surface area contributed by atoms with Gasteiger partial charge in [-0.15, -0.1) is 0 Å². The molecule has 148 valence electrons. The van der Waals surface area contributed by atoms with Gasteiger partial charge in [-0.3, -0.25) is 10.2 Å². The van der Waals surface area contributed by atoms with Crippen LogP contribution in [0.2, 0.25) is 0 Å². The fourth-order valence-electron chi connectivity index (χ4n) is 1.98. The molecule has 0 amide bonds. The van der Waals surface area contributed by atoms with Crippen LogP contribution in [-0.2, 0) is 9.53 Å². The van der Waals surface area contributed by atoms with Crippen molar-refractivity contribution in [3.63, 3.8) is 0 Å². The molecule has 0 fully saturated rings. The van der Waals surface area contributed by atoms with Crippen LogP contribution in [0.3, 0.4) is 0 Å². The maximum Gasteiger partial charge on any atom is 0.388 e. The second-order valence-corrected chi connectivity index (χ2v) is 5.83. The lowest BCUT2D eigenvalue weighted by molar-refractivity contribution is -0.134. The Morgan fingerprint density at radius 1 is 1.32 bits per heavy atom. The number of benzene rings is 1. The monoisotopic (exact) mass is 459 g/mol. The zero-order valence-electron chi connectivity index (χ0n) is 14.3. The first-order chi connectivity index (χ1) is 13.3. The number of alkyl halides is 2. The summed E-state index contributed by atoms with van der Waals surface area (Å²) >= 11 is 3.05. The third kappa shape index (κ3) is 5.52. The number of esters is 1. The molecule has 0 aliphatic heterocycles. The standard InChI is InChI=1S/C17H13BrF3N3O4/c1-2-27-16(26)14(15(25)13-10(18)4-3-5-11(13)19)24-23-9-6-7-22-12(8-9)28-17(20)21/h3-8,17H,2H2,1H3,(H,22,23)/b24-14-. The molecule has 0 saturated heterocycles. The van der Waals surface area contributed by atoms with Gasteiger partial charge in [0.05, 0.1) is 17.9 Å². The predicted octanol–water partition coefficient (Wildman–Crippen LogP) is 3.80. The lowest BCUT2D eigenvalue weighted by atomic mass is 10.1. The molecule has 1 aromatic heterocycles. The molecule has 0 atom stereocenters. The Labute approximate surface area is 165 Å². The van der Waals surface area contributed by atoms with Crippen LogP contribution in [0.15, 0.2) is 46.1 Å². The van der Waals surface area contributed by atoms with Crippen LogP contribution in [0, 0.1) is 5.82 Å². The Balaban J connectivity index is 2.36. The summed E-state index contributed by atoms with van der Waals surface area (Å²) in [6.07, 6.45) is 1.15. The highest BCUT2D eigenvalue weighted by molar-refractivity contribution is 9.10. The van der Waals surface area contributed by atoms with Crippen molar-refractivity contribution >= 4 is 39.1 Å². The van der Waals surface area contributed by atoms with Crippen LogP contribution in [0.1, 0.15) is 17.3 Å². The van der Waals surface area contributed by atoms with Crippen molar-refractivity contribution in [3.8, 4) is 5.88 Å². The van der Waals surface area contributed by atoms with Gasteiger partial charge in [-0.25, -0.2) is 14.2 Å². The number of nitrogens with one attached hydrogen (secondary N) is 1. The number of carbonyl (C=O) groups is 2. The van der Waals surface area contributed by atoms with Gasteiger partial charge in [0.2, 0.25) is 17.4 Å². The van der Waals surface area contributed by atoms with Crippen LogP contribution >= 0.6 is 15.9 Å². The van der Waals surface area contributed by atoms with E-state index in [1.54, 1.807) is 0 Å². The highest BCUT2D eigenvalue weighted by Gasteiger charge is 2.28. The molecule has 2 rings (SSSR count). The summed E-state index contributed by atoms with van der Waals surface area (Å²) in [6.45, 7) is -1.62. The van der Waals surface area contributed by atoms with Gasteiger partial charge in [0, 0.05) is 16.7 Å². The molecular weight excluding hydrogens is 447 g/mol. The summed E-state index contributed by atoms with van der Waals surface area (Å²) in [6, 6.07) is 6.24. The molecule has 0 aliphatic carbocycles. The minimum atomic E-state index is -3.08. The first kappa shape index (κ1) is 21.4. The van der Waals surface area contributed by atoms with Crippen LogP contribution < -0.4 is 10.2 Å². The maximum atomic E-state index is 14.1. The van der Waals surface area contributed by atoms with E-state index in [0.29, 0.717) is 0 Å². The molecule has 7 nitrogen and oxygen atoms in total. The van der Waals surface area contributed by atoms with Crippen molar-refractivity contribution in [2.75, 3.05) is 12.0 Å². The smallest absolute Gasteiger partial charge is 0.388 e. The Bertz CT molecular complexity index is 889.